The van der Waals surface area contributed by atoms with Gasteiger partial charge in [0.05, 0.1) is 12.3 Å². The highest BCUT2D eigenvalue weighted by Crippen LogP contribution is 2.22. The van der Waals surface area contributed by atoms with Gasteiger partial charge in [-0.15, -0.1) is 0 Å². The van der Waals surface area contributed by atoms with Crippen molar-refractivity contribution in [3.63, 3.8) is 0 Å². The summed E-state index contributed by atoms with van der Waals surface area (Å²) < 4.78 is 7.38. The molecule has 2 aromatic heterocycles. The number of nitrogens with zero attached hydrogens (tertiary/aromatic N) is 2. The minimum absolute atomic E-state index is 0.0906. The van der Waals surface area contributed by atoms with Crippen LogP contribution < -0.4 is 10.1 Å². The number of amides is 1. The summed E-state index contributed by atoms with van der Waals surface area (Å²) in [4.78, 5) is 16.9. The normalized spacial score (nSPS) is 11.1. The molecule has 0 aliphatic carbocycles. The van der Waals surface area contributed by atoms with Crippen LogP contribution in [0.2, 0.25) is 0 Å². The number of nitrogens with one attached hydrogen (secondary N) is 1. The van der Waals surface area contributed by atoms with E-state index in [-0.39, 0.29) is 11.9 Å². The molecule has 1 N–H and O–H groups in total. The van der Waals surface area contributed by atoms with E-state index in [1.54, 1.807) is 0 Å². The Labute approximate surface area is 119 Å². The molecular weight excluding hydrogens is 254 g/mol. The van der Waals surface area contributed by atoms with Crippen molar-refractivity contribution in [1.29, 1.82) is 0 Å². The van der Waals surface area contributed by atoms with E-state index in [0.717, 1.165) is 5.69 Å². The molecule has 0 saturated heterocycles. The molecule has 0 aliphatic rings. The summed E-state index contributed by atoms with van der Waals surface area (Å²) in [6, 6.07) is 3.83. The van der Waals surface area contributed by atoms with Gasteiger partial charge in [-0.1, -0.05) is 6.92 Å². The average Bonchev–Trinajstić information content (AvgIpc) is 2.77. The number of carbonyl (C=O) groups is 1. The van der Waals surface area contributed by atoms with Crippen LogP contribution >= 0.6 is 0 Å². The number of fused-ring (bicyclic) bond motifs is 1. The van der Waals surface area contributed by atoms with Crippen LogP contribution in [0, 0.1) is 0 Å². The van der Waals surface area contributed by atoms with E-state index in [4.69, 9.17) is 4.74 Å². The third kappa shape index (κ3) is 2.61. The first-order valence-electron chi connectivity index (χ1n) is 7.02. The third-order valence-corrected chi connectivity index (χ3v) is 2.96. The Hall–Kier alpha value is -2.04. The van der Waals surface area contributed by atoms with E-state index in [0.29, 0.717) is 30.1 Å². The number of pyridine rings is 1. The lowest BCUT2D eigenvalue weighted by Crippen LogP contribution is -2.31. The minimum Gasteiger partial charge on any atom is -0.490 e. The number of rotatable bonds is 5. The number of carbonyl (C=O) groups excluding carboxylic acids is 1. The molecule has 2 aromatic rings. The average molecular weight is 275 g/mol. The molecule has 0 saturated carbocycles. The van der Waals surface area contributed by atoms with Crippen LogP contribution in [0.25, 0.3) is 5.65 Å². The molecular formula is C15H21N3O2. The first-order valence-corrected chi connectivity index (χ1v) is 7.02. The molecule has 1 amide bonds. The predicted molar refractivity (Wildman–Crippen MR) is 78.3 cm³/mol. The summed E-state index contributed by atoms with van der Waals surface area (Å²) in [7, 11) is 0. The van der Waals surface area contributed by atoms with Gasteiger partial charge >= 0.3 is 0 Å². The fourth-order valence-electron chi connectivity index (χ4n) is 2.18. The van der Waals surface area contributed by atoms with Crippen molar-refractivity contribution in [2.45, 2.75) is 40.2 Å². The molecule has 0 bridgehead atoms. The summed E-state index contributed by atoms with van der Waals surface area (Å²) in [6.45, 7) is 8.38. The molecule has 2 rings (SSSR count). The van der Waals surface area contributed by atoms with Gasteiger partial charge in [-0.2, -0.15) is 0 Å². The first-order chi connectivity index (χ1) is 9.58. The highest BCUT2D eigenvalue weighted by molar-refractivity contribution is 5.95. The van der Waals surface area contributed by atoms with Crippen LogP contribution in [0.15, 0.2) is 18.3 Å². The van der Waals surface area contributed by atoms with Crippen LogP contribution in [0.4, 0.5) is 0 Å². The lowest BCUT2D eigenvalue weighted by Gasteiger charge is -2.09. The van der Waals surface area contributed by atoms with Crippen molar-refractivity contribution >= 4 is 11.6 Å². The fraction of sp³-hybridized carbons (Fsp3) is 0.467. The van der Waals surface area contributed by atoms with Crippen molar-refractivity contribution in [2.24, 2.45) is 0 Å². The molecule has 5 heteroatoms. The Morgan fingerprint density at radius 3 is 2.80 bits per heavy atom. The zero-order valence-corrected chi connectivity index (χ0v) is 12.4. The summed E-state index contributed by atoms with van der Waals surface area (Å²) >= 11 is 0. The van der Waals surface area contributed by atoms with Crippen molar-refractivity contribution in [3.8, 4) is 5.75 Å². The molecule has 2 heterocycles. The number of ether oxygens (including phenoxy) is 1. The molecule has 0 aromatic carbocycles. The molecule has 20 heavy (non-hydrogen) atoms. The van der Waals surface area contributed by atoms with Crippen LogP contribution in [-0.2, 0) is 6.42 Å². The van der Waals surface area contributed by atoms with Crippen LogP contribution in [0.3, 0.4) is 0 Å². The largest absolute Gasteiger partial charge is 0.490 e. The smallest absolute Gasteiger partial charge is 0.270 e. The molecule has 0 radical (unpaired) electrons. The van der Waals surface area contributed by atoms with E-state index in [1.165, 1.54) is 0 Å². The van der Waals surface area contributed by atoms with Gasteiger partial charge in [-0.3, -0.25) is 9.20 Å². The standard InChI is InChI=1S/C15H21N3O2/c1-5-11-13(15(19)16-10(3)4)18-9-7-8-12(20-6-2)14(18)17-11/h7-10H,5-6H2,1-4H3,(H,16,19). The maximum absolute atomic E-state index is 12.4. The van der Waals surface area contributed by atoms with Gasteiger partial charge < -0.3 is 10.1 Å². The van der Waals surface area contributed by atoms with Crippen molar-refractivity contribution < 1.29 is 9.53 Å². The fourth-order valence-corrected chi connectivity index (χ4v) is 2.18. The van der Waals surface area contributed by atoms with Gasteiger partial charge in [0.15, 0.2) is 11.4 Å². The quantitative estimate of drug-likeness (QED) is 0.911. The molecule has 0 unspecified atom stereocenters. The number of imidazole rings is 1. The second kappa shape index (κ2) is 5.94. The summed E-state index contributed by atoms with van der Waals surface area (Å²) in [6.07, 6.45) is 2.55. The maximum Gasteiger partial charge on any atom is 0.270 e. The van der Waals surface area contributed by atoms with Crippen molar-refractivity contribution in [1.82, 2.24) is 14.7 Å². The summed E-state index contributed by atoms with van der Waals surface area (Å²) in [5.41, 5.74) is 2.08. The lowest BCUT2D eigenvalue weighted by molar-refractivity contribution is 0.0936. The monoisotopic (exact) mass is 275 g/mol. The first kappa shape index (κ1) is 14.4. The molecule has 0 aliphatic heterocycles. The van der Waals surface area contributed by atoms with E-state index < -0.39 is 0 Å². The topological polar surface area (TPSA) is 55.6 Å². The van der Waals surface area contributed by atoms with Crippen LogP contribution in [0.5, 0.6) is 5.75 Å². The van der Waals surface area contributed by atoms with E-state index >= 15 is 0 Å². The zero-order valence-electron chi connectivity index (χ0n) is 12.4. The molecule has 0 spiro atoms. The Kier molecular flexibility index (Phi) is 4.27. The van der Waals surface area contributed by atoms with Crippen molar-refractivity contribution in [2.75, 3.05) is 6.61 Å². The number of aromatic nitrogens is 2. The Morgan fingerprint density at radius 1 is 1.45 bits per heavy atom. The maximum atomic E-state index is 12.4. The minimum atomic E-state index is -0.0991. The number of hydrogen-bond acceptors (Lipinski definition) is 3. The van der Waals surface area contributed by atoms with Gasteiger partial charge in [0, 0.05) is 12.2 Å². The van der Waals surface area contributed by atoms with Crippen LogP contribution in [0.1, 0.15) is 43.9 Å². The van der Waals surface area contributed by atoms with Gasteiger partial charge in [0.25, 0.3) is 5.91 Å². The number of hydrogen-bond donors (Lipinski definition) is 1. The van der Waals surface area contributed by atoms with Gasteiger partial charge in [0.2, 0.25) is 0 Å². The molecule has 5 nitrogen and oxygen atoms in total. The van der Waals surface area contributed by atoms with E-state index in [9.17, 15) is 4.79 Å². The van der Waals surface area contributed by atoms with Gasteiger partial charge in [-0.25, -0.2) is 4.98 Å². The van der Waals surface area contributed by atoms with Gasteiger partial charge in [-0.05, 0) is 39.3 Å². The molecule has 0 atom stereocenters. The lowest BCUT2D eigenvalue weighted by atomic mass is 10.2. The van der Waals surface area contributed by atoms with E-state index in [2.05, 4.69) is 10.3 Å². The third-order valence-electron chi connectivity index (χ3n) is 2.96. The van der Waals surface area contributed by atoms with Gasteiger partial charge in [0.1, 0.15) is 5.69 Å². The van der Waals surface area contributed by atoms with Crippen LogP contribution in [-0.4, -0.2) is 27.9 Å². The zero-order chi connectivity index (χ0) is 14.7. The van der Waals surface area contributed by atoms with Crippen molar-refractivity contribution in [3.05, 3.63) is 29.7 Å². The van der Waals surface area contributed by atoms with E-state index in [1.807, 2.05) is 50.4 Å². The SMILES string of the molecule is CCOc1cccn2c(C(=O)NC(C)C)c(CC)nc12. The number of aryl methyl sites for hydroxylation is 1. The Bertz CT molecular complexity index is 617. The Morgan fingerprint density at radius 2 is 2.20 bits per heavy atom. The highest BCUT2D eigenvalue weighted by atomic mass is 16.5. The second-order valence-electron chi connectivity index (χ2n) is 4.89. The predicted octanol–water partition coefficient (Wildman–Crippen LogP) is 2.43. The molecule has 108 valence electrons. The highest BCUT2D eigenvalue weighted by Gasteiger charge is 2.20. The summed E-state index contributed by atoms with van der Waals surface area (Å²) in [5.74, 6) is 0.603. The summed E-state index contributed by atoms with van der Waals surface area (Å²) in [5, 5.41) is 2.92. The second-order valence-corrected chi connectivity index (χ2v) is 4.89. The Balaban J connectivity index is 2.58. The molecule has 0 fully saturated rings.